The molecule has 3 aromatic rings. The number of nitrogens with zero attached hydrogens (tertiary/aromatic N) is 5. The van der Waals surface area contributed by atoms with Gasteiger partial charge in [-0.05, 0) is 37.1 Å². The Morgan fingerprint density at radius 2 is 1.73 bits per heavy atom. The molecule has 0 aliphatic heterocycles. The number of aromatic nitrogens is 4. The predicted octanol–water partition coefficient (Wildman–Crippen LogP) is 2.85. The van der Waals surface area contributed by atoms with Crippen LogP contribution in [0, 0.1) is 13.8 Å². The summed E-state index contributed by atoms with van der Waals surface area (Å²) in [4.78, 5) is 19.4. The second kappa shape index (κ2) is 5.55. The van der Waals surface area contributed by atoms with E-state index in [0.717, 1.165) is 5.69 Å². The SMILES string of the molecule is Cc1ccc(Nc2nc(N(C)C)nc3nccnc23)cc1C. The van der Waals surface area contributed by atoms with Crippen molar-refractivity contribution in [3.63, 3.8) is 0 Å². The van der Waals surface area contributed by atoms with Gasteiger partial charge in [0.25, 0.3) is 0 Å². The lowest BCUT2D eigenvalue weighted by Crippen LogP contribution is -2.14. The van der Waals surface area contributed by atoms with Gasteiger partial charge in [-0.3, -0.25) is 0 Å². The number of rotatable bonds is 3. The van der Waals surface area contributed by atoms with Crippen LogP contribution in [-0.2, 0) is 0 Å². The van der Waals surface area contributed by atoms with Gasteiger partial charge in [0.1, 0.15) is 0 Å². The number of hydrogen-bond acceptors (Lipinski definition) is 6. The molecular weight excluding hydrogens is 276 g/mol. The summed E-state index contributed by atoms with van der Waals surface area (Å²) in [6, 6.07) is 6.20. The summed E-state index contributed by atoms with van der Waals surface area (Å²) in [5.41, 5.74) is 4.69. The molecule has 0 aliphatic rings. The average molecular weight is 294 g/mol. The van der Waals surface area contributed by atoms with Gasteiger partial charge in [0, 0.05) is 32.2 Å². The van der Waals surface area contributed by atoms with Gasteiger partial charge in [-0.15, -0.1) is 0 Å². The minimum Gasteiger partial charge on any atom is -0.347 e. The summed E-state index contributed by atoms with van der Waals surface area (Å²) >= 11 is 0. The molecule has 0 unspecified atom stereocenters. The molecule has 1 N–H and O–H groups in total. The van der Waals surface area contributed by atoms with Gasteiger partial charge in [-0.2, -0.15) is 9.97 Å². The smallest absolute Gasteiger partial charge is 0.228 e. The number of hydrogen-bond donors (Lipinski definition) is 1. The van der Waals surface area contributed by atoms with Crippen LogP contribution in [0.1, 0.15) is 11.1 Å². The maximum absolute atomic E-state index is 4.55. The van der Waals surface area contributed by atoms with Crippen LogP contribution < -0.4 is 10.2 Å². The molecule has 112 valence electrons. The Morgan fingerprint density at radius 1 is 0.955 bits per heavy atom. The maximum Gasteiger partial charge on any atom is 0.228 e. The number of nitrogens with one attached hydrogen (secondary N) is 1. The lowest BCUT2D eigenvalue weighted by molar-refractivity contribution is 1.01. The van der Waals surface area contributed by atoms with E-state index in [1.807, 2.05) is 25.1 Å². The molecule has 0 saturated heterocycles. The highest BCUT2D eigenvalue weighted by Crippen LogP contribution is 2.24. The molecule has 2 heterocycles. The Balaban J connectivity index is 2.10. The van der Waals surface area contributed by atoms with Crippen LogP contribution in [0.2, 0.25) is 0 Å². The van der Waals surface area contributed by atoms with Crippen molar-refractivity contribution in [2.24, 2.45) is 0 Å². The van der Waals surface area contributed by atoms with Crippen LogP contribution in [-0.4, -0.2) is 34.0 Å². The third-order valence-corrected chi connectivity index (χ3v) is 3.49. The molecular formula is C16H18N6. The second-order valence-corrected chi connectivity index (χ2v) is 5.42. The predicted molar refractivity (Wildman–Crippen MR) is 88.7 cm³/mol. The van der Waals surface area contributed by atoms with Crippen LogP contribution in [0.15, 0.2) is 30.6 Å². The molecule has 0 fully saturated rings. The lowest BCUT2D eigenvalue weighted by atomic mass is 10.1. The van der Waals surface area contributed by atoms with Crippen LogP contribution in [0.5, 0.6) is 0 Å². The molecule has 0 aliphatic carbocycles. The van der Waals surface area contributed by atoms with Crippen LogP contribution in [0.3, 0.4) is 0 Å². The fourth-order valence-corrected chi connectivity index (χ4v) is 2.10. The Morgan fingerprint density at radius 3 is 2.45 bits per heavy atom. The van der Waals surface area contributed by atoms with E-state index in [4.69, 9.17) is 0 Å². The number of fused-ring (bicyclic) bond motifs is 1. The van der Waals surface area contributed by atoms with Crippen molar-refractivity contribution < 1.29 is 0 Å². The highest BCUT2D eigenvalue weighted by atomic mass is 15.2. The maximum atomic E-state index is 4.55. The van der Waals surface area contributed by atoms with E-state index in [0.29, 0.717) is 22.9 Å². The third kappa shape index (κ3) is 2.67. The lowest BCUT2D eigenvalue weighted by Gasteiger charge is -2.14. The Hall–Kier alpha value is -2.76. The third-order valence-electron chi connectivity index (χ3n) is 3.49. The molecule has 0 saturated carbocycles. The molecule has 0 atom stereocenters. The van der Waals surface area contributed by atoms with Crippen LogP contribution >= 0.6 is 0 Å². The van der Waals surface area contributed by atoms with E-state index in [1.165, 1.54) is 11.1 Å². The average Bonchev–Trinajstić information content (AvgIpc) is 2.50. The molecule has 0 amide bonds. The van der Waals surface area contributed by atoms with E-state index in [-0.39, 0.29) is 0 Å². The summed E-state index contributed by atoms with van der Waals surface area (Å²) in [5.74, 6) is 1.25. The molecule has 3 rings (SSSR count). The Kier molecular flexibility index (Phi) is 3.58. The molecule has 0 spiro atoms. The van der Waals surface area contributed by atoms with E-state index >= 15 is 0 Å². The van der Waals surface area contributed by atoms with Crippen molar-refractivity contribution >= 4 is 28.6 Å². The van der Waals surface area contributed by atoms with Gasteiger partial charge in [0.05, 0.1) is 0 Å². The molecule has 22 heavy (non-hydrogen) atoms. The Labute approximate surface area is 129 Å². The van der Waals surface area contributed by atoms with Crippen molar-refractivity contribution in [2.75, 3.05) is 24.3 Å². The molecule has 0 radical (unpaired) electrons. The van der Waals surface area contributed by atoms with Gasteiger partial charge in [0.15, 0.2) is 17.0 Å². The molecule has 0 bridgehead atoms. The topological polar surface area (TPSA) is 66.8 Å². The van der Waals surface area contributed by atoms with E-state index in [2.05, 4.69) is 51.2 Å². The van der Waals surface area contributed by atoms with Crippen molar-refractivity contribution in [2.45, 2.75) is 13.8 Å². The van der Waals surface area contributed by atoms with Crippen LogP contribution in [0.25, 0.3) is 11.2 Å². The molecule has 6 nitrogen and oxygen atoms in total. The summed E-state index contributed by atoms with van der Waals surface area (Å²) in [6.07, 6.45) is 3.28. The first-order chi connectivity index (χ1) is 10.5. The van der Waals surface area contributed by atoms with Crippen LogP contribution in [0.4, 0.5) is 17.5 Å². The quantitative estimate of drug-likeness (QED) is 0.801. The van der Waals surface area contributed by atoms with E-state index < -0.39 is 0 Å². The fourth-order valence-electron chi connectivity index (χ4n) is 2.10. The van der Waals surface area contributed by atoms with E-state index in [9.17, 15) is 0 Å². The van der Waals surface area contributed by atoms with Crippen molar-refractivity contribution in [3.8, 4) is 0 Å². The summed E-state index contributed by atoms with van der Waals surface area (Å²) < 4.78 is 0. The van der Waals surface area contributed by atoms with Gasteiger partial charge in [-0.1, -0.05) is 6.07 Å². The zero-order valence-electron chi connectivity index (χ0n) is 13.1. The van der Waals surface area contributed by atoms with Gasteiger partial charge in [-0.25, -0.2) is 9.97 Å². The zero-order valence-corrected chi connectivity index (χ0v) is 13.1. The first kappa shape index (κ1) is 14.2. The van der Waals surface area contributed by atoms with Gasteiger partial charge in [0.2, 0.25) is 5.95 Å². The first-order valence-electron chi connectivity index (χ1n) is 7.05. The highest BCUT2D eigenvalue weighted by Gasteiger charge is 2.11. The largest absolute Gasteiger partial charge is 0.347 e. The minimum absolute atomic E-state index is 0.576. The molecule has 2 aromatic heterocycles. The normalized spacial score (nSPS) is 10.7. The highest BCUT2D eigenvalue weighted by molar-refractivity contribution is 5.85. The summed E-state index contributed by atoms with van der Waals surface area (Å²) in [5, 5.41) is 3.33. The minimum atomic E-state index is 0.576. The van der Waals surface area contributed by atoms with E-state index in [1.54, 1.807) is 12.4 Å². The van der Waals surface area contributed by atoms with Crippen molar-refractivity contribution in [3.05, 3.63) is 41.7 Å². The second-order valence-electron chi connectivity index (χ2n) is 5.42. The molecule has 1 aromatic carbocycles. The van der Waals surface area contributed by atoms with Crippen molar-refractivity contribution in [1.82, 2.24) is 19.9 Å². The zero-order chi connectivity index (χ0) is 15.7. The number of aryl methyl sites for hydroxylation is 2. The van der Waals surface area contributed by atoms with Gasteiger partial charge < -0.3 is 10.2 Å². The van der Waals surface area contributed by atoms with Crippen molar-refractivity contribution in [1.29, 1.82) is 0 Å². The monoisotopic (exact) mass is 294 g/mol. The fraction of sp³-hybridized carbons (Fsp3) is 0.250. The number of anilines is 3. The standard InChI is InChI=1S/C16H18N6/c1-10-5-6-12(9-11(10)2)19-15-13-14(18-8-7-17-13)20-16(21-15)22(3)4/h5-9H,1-4H3,(H,18,19,20,21). The summed E-state index contributed by atoms with van der Waals surface area (Å²) in [6.45, 7) is 4.18. The van der Waals surface area contributed by atoms with Gasteiger partial charge >= 0.3 is 0 Å². The molecule has 6 heteroatoms. The Bertz CT molecular complexity index is 828. The first-order valence-corrected chi connectivity index (χ1v) is 7.05. The summed E-state index contributed by atoms with van der Waals surface area (Å²) in [7, 11) is 3.80. The number of benzene rings is 1.